The fourth-order valence-corrected chi connectivity index (χ4v) is 2.02. The van der Waals surface area contributed by atoms with E-state index in [1.165, 1.54) is 24.4 Å². The van der Waals surface area contributed by atoms with Gasteiger partial charge in [0.05, 0.1) is 11.9 Å². The third kappa shape index (κ3) is 2.52. The summed E-state index contributed by atoms with van der Waals surface area (Å²) >= 11 is 5.92. The van der Waals surface area contributed by atoms with E-state index in [9.17, 15) is 9.50 Å². The summed E-state index contributed by atoms with van der Waals surface area (Å²) in [7, 11) is 0. The molecule has 0 radical (unpaired) electrons. The van der Waals surface area contributed by atoms with E-state index in [0.29, 0.717) is 17.8 Å². The van der Waals surface area contributed by atoms with E-state index in [4.69, 9.17) is 11.6 Å². The number of hydrogen-bond donors (Lipinski definition) is 1. The number of nitrogens with zero attached hydrogens (tertiary/aromatic N) is 3. The molecule has 0 amide bonds. The molecule has 0 aliphatic rings. The smallest absolute Gasteiger partial charge is 0.124 e. The van der Waals surface area contributed by atoms with Crippen molar-refractivity contribution in [2.75, 3.05) is 0 Å². The number of benzene rings is 1. The first kappa shape index (κ1) is 13.0. The Morgan fingerprint density at radius 3 is 2.94 bits per heavy atom. The molecule has 2 aromatic rings. The van der Waals surface area contributed by atoms with Crippen LogP contribution < -0.4 is 0 Å². The number of halogens is 2. The molecule has 18 heavy (non-hydrogen) atoms. The Morgan fingerprint density at radius 2 is 2.28 bits per heavy atom. The molecule has 0 saturated carbocycles. The summed E-state index contributed by atoms with van der Waals surface area (Å²) in [4.78, 5) is 0. The standard InChI is InChI=1S/C12H13ClFN3O/c1-2-5-17-11(7-15-16-17)12(18)9-4-3-8(14)6-10(9)13/h3-4,6-7,12,18H,2,5H2,1H3. The zero-order valence-electron chi connectivity index (χ0n) is 9.85. The monoisotopic (exact) mass is 269 g/mol. The fraction of sp³-hybridized carbons (Fsp3) is 0.333. The Balaban J connectivity index is 2.35. The van der Waals surface area contributed by atoms with Crippen molar-refractivity contribution in [3.05, 3.63) is 46.5 Å². The van der Waals surface area contributed by atoms with Crippen LogP contribution in [0.5, 0.6) is 0 Å². The highest BCUT2D eigenvalue weighted by atomic mass is 35.5. The molecule has 1 N–H and O–H groups in total. The normalized spacial score (nSPS) is 12.7. The summed E-state index contributed by atoms with van der Waals surface area (Å²) in [5.41, 5.74) is 0.989. The minimum absolute atomic E-state index is 0.187. The molecule has 0 aliphatic heterocycles. The van der Waals surface area contributed by atoms with Crippen LogP contribution in [-0.4, -0.2) is 20.1 Å². The third-order valence-electron chi connectivity index (χ3n) is 2.62. The van der Waals surface area contributed by atoms with Gasteiger partial charge in [0.1, 0.15) is 11.9 Å². The first-order valence-electron chi connectivity index (χ1n) is 5.65. The second-order valence-corrected chi connectivity index (χ2v) is 4.36. The van der Waals surface area contributed by atoms with Crippen LogP contribution >= 0.6 is 11.6 Å². The fourth-order valence-electron chi connectivity index (χ4n) is 1.75. The van der Waals surface area contributed by atoms with Crippen molar-refractivity contribution in [1.82, 2.24) is 15.0 Å². The summed E-state index contributed by atoms with van der Waals surface area (Å²) in [6.07, 6.45) is 1.40. The predicted octanol–water partition coefficient (Wildman–Crippen LogP) is 2.56. The van der Waals surface area contributed by atoms with Gasteiger partial charge in [-0.25, -0.2) is 9.07 Å². The number of aliphatic hydroxyl groups is 1. The first-order valence-corrected chi connectivity index (χ1v) is 6.02. The lowest BCUT2D eigenvalue weighted by Gasteiger charge is -2.13. The maximum Gasteiger partial charge on any atom is 0.124 e. The molecule has 1 atom stereocenters. The van der Waals surface area contributed by atoms with Gasteiger partial charge in [0.15, 0.2) is 0 Å². The van der Waals surface area contributed by atoms with Crippen molar-refractivity contribution in [3.63, 3.8) is 0 Å². The van der Waals surface area contributed by atoms with Crippen LogP contribution in [-0.2, 0) is 6.54 Å². The van der Waals surface area contributed by atoms with Gasteiger partial charge in [-0.05, 0) is 18.6 Å². The molecule has 0 aliphatic carbocycles. The SMILES string of the molecule is CCCn1nncc1C(O)c1ccc(F)cc1Cl. The molecule has 0 bridgehead atoms. The Hall–Kier alpha value is -1.46. The van der Waals surface area contributed by atoms with Gasteiger partial charge in [-0.3, -0.25) is 0 Å². The number of rotatable bonds is 4. The molecule has 0 saturated heterocycles. The lowest BCUT2D eigenvalue weighted by atomic mass is 10.1. The van der Waals surface area contributed by atoms with Crippen LogP contribution in [0.4, 0.5) is 4.39 Å². The molecule has 0 fully saturated rings. The second-order valence-electron chi connectivity index (χ2n) is 3.95. The Bertz CT molecular complexity index is 544. The molecule has 2 rings (SSSR count). The van der Waals surface area contributed by atoms with Gasteiger partial charge >= 0.3 is 0 Å². The van der Waals surface area contributed by atoms with Crippen molar-refractivity contribution in [2.45, 2.75) is 26.0 Å². The minimum Gasteiger partial charge on any atom is -0.382 e. The number of aliphatic hydroxyl groups excluding tert-OH is 1. The van der Waals surface area contributed by atoms with Crippen molar-refractivity contribution in [3.8, 4) is 0 Å². The largest absolute Gasteiger partial charge is 0.382 e. The highest BCUT2D eigenvalue weighted by Gasteiger charge is 2.19. The Kier molecular flexibility index (Phi) is 3.93. The van der Waals surface area contributed by atoms with E-state index in [1.807, 2.05) is 6.92 Å². The molecule has 0 spiro atoms. The van der Waals surface area contributed by atoms with E-state index < -0.39 is 11.9 Å². The summed E-state index contributed by atoms with van der Waals surface area (Å²) < 4.78 is 14.6. The lowest BCUT2D eigenvalue weighted by Crippen LogP contribution is -2.10. The predicted molar refractivity (Wildman–Crippen MR) is 65.8 cm³/mol. The topological polar surface area (TPSA) is 50.9 Å². The molecule has 6 heteroatoms. The van der Waals surface area contributed by atoms with E-state index in [-0.39, 0.29) is 5.02 Å². The second kappa shape index (κ2) is 5.46. The Morgan fingerprint density at radius 1 is 1.50 bits per heavy atom. The van der Waals surface area contributed by atoms with Crippen LogP contribution in [0.15, 0.2) is 24.4 Å². The van der Waals surface area contributed by atoms with Crippen LogP contribution in [0.25, 0.3) is 0 Å². The quantitative estimate of drug-likeness (QED) is 0.928. The number of aryl methyl sites for hydroxylation is 1. The molecule has 1 aromatic heterocycles. The Labute approximate surface area is 109 Å². The highest BCUT2D eigenvalue weighted by Crippen LogP contribution is 2.28. The summed E-state index contributed by atoms with van der Waals surface area (Å²) in [5.74, 6) is -0.434. The molecular formula is C12H13ClFN3O. The van der Waals surface area contributed by atoms with Gasteiger partial charge in [-0.2, -0.15) is 0 Å². The molecule has 1 aromatic carbocycles. The van der Waals surface area contributed by atoms with Crippen molar-refractivity contribution in [1.29, 1.82) is 0 Å². The summed E-state index contributed by atoms with van der Waals surface area (Å²) in [6.45, 7) is 2.66. The number of aromatic nitrogens is 3. The van der Waals surface area contributed by atoms with E-state index in [2.05, 4.69) is 10.3 Å². The number of hydrogen-bond acceptors (Lipinski definition) is 3. The molecule has 1 heterocycles. The molecular weight excluding hydrogens is 257 g/mol. The van der Waals surface area contributed by atoms with Crippen molar-refractivity contribution >= 4 is 11.6 Å². The molecule has 4 nitrogen and oxygen atoms in total. The van der Waals surface area contributed by atoms with Crippen molar-refractivity contribution < 1.29 is 9.50 Å². The van der Waals surface area contributed by atoms with Gasteiger partial charge in [0.25, 0.3) is 0 Å². The van der Waals surface area contributed by atoms with Crippen LogP contribution in [0, 0.1) is 5.82 Å². The van der Waals surface area contributed by atoms with Gasteiger partial charge in [-0.1, -0.05) is 29.8 Å². The van der Waals surface area contributed by atoms with Crippen LogP contribution in [0.1, 0.15) is 30.7 Å². The highest BCUT2D eigenvalue weighted by molar-refractivity contribution is 6.31. The average molecular weight is 270 g/mol. The van der Waals surface area contributed by atoms with Crippen LogP contribution in [0.3, 0.4) is 0 Å². The minimum atomic E-state index is -0.959. The van der Waals surface area contributed by atoms with E-state index in [1.54, 1.807) is 4.68 Å². The van der Waals surface area contributed by atoms with E-state index >= 15 is 0 Å². The summed E-state index contributed by atoms with van der Waals surface area (Å²) in [5, 5.41) is 18.1. The molecule has 1 unspecified atom stereocenters. The zero-order chi connectivity index (χ0) is 13.1. The van der Waals surface area contributed by atoms with Gasteiger partial charge in [0, 0.05) is 17.1 Å². The first-order chi connectivity index (χ1) is 8.63. The lowest BCUT2D eigenvalue weighted by molar-refractivity contribution is 0.207. The molecule has 96 valence electrons. The van der Waals surface area contributed by atoms with Gasteiger partial charge in [0.2, 0.25) is 0 Å². The average Bonchev–Trinajstić information content (AvgIpc) is 2.77. The van der Waals surface area contributed by atoms with Gasteiger partial charge in [-0.15, -0.1) is 5.10 Å². The zero-order valence-corrected chi connectivity index (χ0v) is 10.6. The van der Waals surface area contributed by atoms with Gasteiger partial charge < -0.3 is 5.11 Å². The van der Waals surface area contributed by atoms with E-state index in [0.717, 1.165) is 6.42 Å². The van der Waals surface area contributed by atoms with Crippen molar-refractivity contribution in [2.24, 2.45) is 0 Å². The maximum atomic E-state index is 13.0. The third-order valence-corrected chi connectivity index (χ3v) is 2.95. The summed E-state index contributed by atoms with van der Waals surface area (Å²) in [6, 6.07) is 3.90. The maximum absolute atomic E-state index is 13.0. The van der Waals surface area contributed by atoms with Crippen LogP contribution in [0.2, 0.25) is 5.02 Å².